The van der Waals surface area contributed by atoms with Crippen molar-refractivity contribution in [3.63, 3.8) is 0 Å². The molecule has 0 bridgehead atoms. The molecule has 1 atom stereocenters. The van der Waals surface area contributed by atoms with Crippen LogP contribution in [0.3, 0.4) is 0 Å². The minimum absolute atomic E-state index is 0.112. The Bertz CT molecular complexity index is 310. The Hall–Kier alpha value is -0.290. The van der Waals surface area contributed by atoms with Crippen LogP contribution in [0.15, 0.2) is 21.4 Å². The van der Waals surface area contributed by atoms with Gasteiger partial charge in [-0.2, -0.15) is 0 Å². The normalized spacial score (nSPS) is 12.5. The Morgan fingerprint density at radius 1 is 1.71 bits per heavy atom. The number of carbonyl (C=O) groups is 1. The van der Waals surface area contributed by atoms with E-state index in [9.17, 15) is 4.79 Å². The average molecular weight is 325 g/mol. The number of hydrogen-bond acceptors (Lipinski definition) is 2. The predicted molar refractivity (Wildman–Crippen MR) is 61.7 cm³/mol. The van der Waals surface area contributed by atoms with Crippen LogP contribution in [0.25, 0.3) is 0 Å². The van der Waals surface area contributed by atoms with Gasteiger partial charge in [0.05, 0.1) is 11.8 Å². The summed E-state index contributed by atoms with van der Waals surface area (Å²) >= 11 is 6.56. The van der Waals surface area contributed by atoms with Gasteiger partial charge in [-0.1, -0.05) is 22.9 Å². The van der Waals surface area contributed by atoms with Crippen LogP contribution in [-0.4, -0.2) is 17.3 Å². The zero-order valence-corrected chi connectivity index (χ0v) is 10.9. The number of rotatable bonds is 4. The molecule has 1 heterocycles. The molecule has 0 saturated heterocycles. The first kappa shape index (κ1) is 11.8. The van der Waals surface area contributed by atoms with Gasteiger partial charge in [0, 0.05) is 11.4 Å². The van der Waals surface area contributed by atoms with Gasteiger partial charge < -0.3 is 9.73 Å². The highest BCUT2D eigenvalue weighted by Crippen LogP contribution is 2.17. The first-order valence-corrected chi connectivity index (χ1v) is 5.97. The smallest absolute Gasteiger partial charge is 0.255 e. The first-order chi connectivity index (χ1) is 6.61. The number of halogens is 2. The monoisotopic (exact) mass is 323 g/mol. The topological polar surface area (TPSA) is 42.2 Å². The standard InChI is InChI=1S/C9H11Br2NO2/c1-6(10)2-4-12-9(13)7-3-5-14-8(7)11/h3,5-6H,2,4H2,1H3,(H,12,13). The second-order valence-electron chi connectivity index (χ2n) is 2.93. The van der Waals surface area contributed by atoms with Crippen molar-refractivity contribution in [2.75, 3.05) is 6.54 Å². The summed E-state index contributed by atoms with van der Waals surface area (Å²) in [7, 11) is 0. The summed E-state index contributed by atoms with van der Waals surface area (Å²) in [6.07, 6.45) is 2.38. The van der Waals surface area contributed by atoms with E-state index in [-0.39, 0.29) is 5.91 Å². The highest BCUT2D eigenvalue weighted by atomic mass is 79.9. The van der Waals surface area contributed by atoms with Gasteiger partial charge in [0.15, 0.2) is 4.67 Å². The van der Waals surface area contributed by atoms with Crippen molar-refractivity contribution in [3.8, 4) is 0 Å². The molecule has 1 aromatic heterocycles. The highest BCUT2D eigenvalue weighted by molar-refractivity contribution is 9.10. The quantitative estimate of drug-likeness (QED) is 0.865. The highest BCUT2D eigenvalue weighted by Gasteiger charge is 2.11. The van der Waals surface area contributed by atoms with E-state index in [0.717, 1.165) is 6.42 Å². The van der Waals surface area contributed by atoms with Gasteiger partial charge >= 0.3 is 0 Å². The van der Waals surface area contributed by atoms with Crippen molar-refractivity contribution < 1.29 is 9.21 Å². The average Bonchev–Trinajstić information content (AvgIpc) is 2.50. The second-order valence-corrected chi connectivity index (χ2v) is 5.22. The molecule has 3 nitrogen and oxygen atoms in total. The maximum absolute atomic E-state index is 11.5. The molecule has 5 heteroatoms. The minimum atomic E-state index is -0.112. The van der Waals surface area contributed by atoms with E-state index in [1.54, 1.807) is 6.07 Å². The van der Waals surface area contributed by atoms with Crippen LogP contribution in [0.5, 0.6) is 0 Å². The van der Waals surface area contributed by atoms with Crippen LogP contribution >= 0.6 is 31.9 Å². The Morgan fingerprint density at radius 2 is 2.43 bits per heavy atom. The van der Waals surface area contributed by atoms with E-state index < -0.39 is 0 Å². The SMILES string of the molecule is CC(Br)CCNC(=O)c1ccoc1Br. The van der Waals surface area contributed by atoms with Gasteiger partial charge in [-0.3, -0.25) is 4.79 Å². The molecule has 1 aromatic rings. The van der Waals surface area contributed by atoms with E-state index in [1.165, 1.54) is 6.26 Å². The lowest BCUT2D eigenvalue weighted by atomic mass is 10.3. The molecule has 78 valence electrons. The van der Waals surface area contributed by atoms with E-state index >= 15 is 0 Å². The Labute approximate surface area is 99.5 Å². The summed E-state index contributed by atoms with van der Waals surface area (Å²) in [4.78, 5) is 11.9. The lowest BCUT2D eigenvalue weighted by Gasteiger charge is -2.04. The van der Waals surface area contributed by atoms with E-state index in [4.69, 9.17) is 4.42 Å². The third-order valence-corrected chi connectivity index (χ3v) is 2.76. The molecule has 0 aromatic carbocycles. The zero-order chi connectivity index (χ0) is 10.6. The summed E-state index contributed by atoms with van der Waals surface area (Å²) in [6.45, 7) is 2.70. The molecule has 0 aliphatic rings. The molecule has 0 saturated carbocycles. The number of nitrogens with one attached hydrogen (secondary N) is 1. The molecule has 14 heavy (non-hydrogen) atoms. The lowest BCUT2D eigenvalue weighted by Crippen LogP contribution is -2.25. The minimum Gasteiger partial charge on any atom is -0.457 e. The van der Waals surface area contributed by atoms with Gasteiger partial charge in [-0.05, 0) is 28.4 Å². The Kier molecular flexibility index (Phi) is 4.68. The van der Waals surface area contributed by atoms with Crippen LogP contribution in [0.4, 0.5) is 0 Å². The van der Waals surface area contributed by atoms with Crippen LogP contribution in [0.1, 0.15) is 23.7 Å². The van der Waals surface area contributed by atoms with Crippen LogP contribution in [0.2, 0.25) is 0 Å². The molecule has 1 amide bonds. The number of furan rings is 1. The summed E-state index contributed by atoms with van der Waals surface area (Å²) in [5.41, 5.74) is 0.534. The van der Waals surface area contributed by atoms with Crippen LogP contribution in [0, 0.1) is 0 Å². The van der Waals surface area contributed by atoms with Crippen LogP contribution < -0.4 is 5.32 Å². The van der Waals surface area contributed by atoms with Crippen molar-refractivity contribution >= 4 is 37.8 Å². The van der Waals surface area contributed by atoms with E-state index in [2.05, 4.69) is 37.2 Å². The van der Waals surface area contributed by atoms with Crippen molar-refractivity contribution in [3.05, 3.63) is 22.6 Å². The zero-order valence-electron chi connectivity index (χ0n) is 7.72. The van der Waals surface area contributed by atoms with Crippen LogP contribution in [-0.2, 0) is 0 Å². The number of carbonyl (C=O) groups excluding carboxylic acids is 1. The fourth-order valence-electron chi connectivity index (χ4n) is 0.936. The molecule has 1 rings (SSSR count). The van der Waals surface area contributed by atoms with Crippen molar-refractivity contribution in [2.24, 2.45) is 0 Å². The van der Waals surface area contributed by atoms with E-state index in [0.29, 0.717) is 21.6 Å². The summed E-state index contributed by atoms with van der Waals surface area (Å²) in [6, 6.07) is 1.64. The third-order valence-electron chi connectivity index (χ3n) is 1.69. The predicted octanol–water partition coefficient (Wildman–Crippen LogP) is 2.95. The summed E-state index contributed by atoms with van der Waals surface area (Å²) in [5, 5.41) is 2.80. The Morgan fingerprint density at radius 3 is 2.93 bits per heavy atom. The summed E-state index contributed by atoms with van der Waals surface area (Å²) < 4.78 is 5.43. The molecule has 0 fully saturated rings. The third kappa shape index (κ3) is 3.46. The fourth-order valence-corrected chi connectivity index (χ4v) is 1.58. The molecule has 1 N–H and O–H groups in total. The van der Waals surface area contributed by atoms with Gasteiger partial charge in [-0.25, -0.2) is 0 Å². The van der Waals surface area contributed by atoms with Gasteiger partial charge in [0.2, 0.25) is 0 Å². The largest absolute Gasteiger partial charge is 0.457 e. The molecular weight excluding hydrogens is 314 g/mol. The number of hydrogen-bond donors (Lipinski definition) is 1. The number of alkyl halides is 1. The van der Waals surface area contributed by atoms with Gasteiger partial charge in [0.25, 0.3) is 5.91 Å². The molecule has 0 aliphatic carbocycles. The lowest BCUT2D eigenvalue weighted by molar-refractivity contribution is 0.0951. The maximum Gasteiger partial charge on any atom is 0.255 e. The summed E-state index contributed by atoms with van der Waals surface area (Å²) in [5.74, 6) is -0.112. The Balaban J connectivity index is 2.40. The van der Waals surface area contributed by atoms with E-state index in [1.807, 2.05) is 6.92 Å². The first-order valence-electron chi connectivity index (χ1n) is 4.26. The fraction of sp³-hybridized carbons (Fsp3) is 0.444. The van der Waals surface area contributed by atoms with Gasteiger partial charge in [-0.15, -0.1) is 0 Å². The van der Waals surface area contributed by atoms with Crippen molar-refractivity contribution in [2.45, 2.75) is 18.2 Å². The maximum atomic E-state index is 11.5. The van der Waals surface area contributed by atoms with Gasteiger partial charge in [0.1, 0.15) is 0 Å². The van der Waals surface area contributed by atoms with Crippen molar-refractivity contribution in [1.82, 2.24) is 5.32 Å². The molecular formula is C9H11Br2NO2. The molecule has 0 radical (unpaired) electrons. The molecule has 0 aliphatic heterocycles. The molecule has 1 unspecified atom stereocenters. The van der Waals surface area contributed by atoms with Crippen molar-refractivity contribution in [1.29, 1.82) is 0 Å². The molecule has 0 spiro atoms. The number of amides is 1. The second kappa shape index (κ2) is 5.56.